The van der Waals surface area contributed by atoms with Gasteiger partial charge in [0.1, 0.15) is 12.7 Å². The van der Waals surface area contributed by atoms with E-state index in [-0.39, 0.29) is 25.7 Å². The molecule has 0 saturated carbocycles. The Balaban J connectivity index is 4.66. The standard InChI is InChI=1S/C44H73O12P/c1-3-5-7-8-9-10-11-12-13-14-15-16-20-23-27-33-43(49)53-37-42(38-55-57(51,52)54-36-41(48)35-45)56-44(50)34-28-32-40(47)31-26-22-19-17-18-21-25-30-39(46)29-24-6-4-2/h9-10,12-13,15-16,18-19,21-22,25-26,30-31,39-42,45-48H,3-8,11,14,17,20,23-24,27-29,32-38H2,1-2H3,(H,51,52)/b10-9-,13-12-,16-15-,21-18-,22-19-,30-25+,31-26+/t39-,40-,41+,42-/m1/s1. The Labute approximate surface area is 342 Å². The van der Waals surface area contributed by atoms with E-state index in [4.69, 9.17) is 19.1 Å². The Kier molecular flexibility index (Phi) is 36.6. The summed E-state index contributed by atoms with van der Waals surface area (Å²) >= 11 is 0. The van der Waals surface area contributed by atoms with Crippen molar-refractivity contribution in [3.8, 4) is 0 Å². The maximum Gasteiger partial charge on any atom is 0.472 e. The lowest BCUT2D eigenvalue weighted by Gasteiger charge is -2.20. The third-order valence-corrected chi connectivity index (χ3v) is 9.18. The molecule has 1 unspecified atom stereocenters. The molecule has 0 rings (SSSR count). The number of hydrogen-bond acceptors (Lipinski definition) is 11. The summed E-state index contributed by atoms with van der Waals surface area (Å²) in [5.41, 5.74) is 0. The zero-order chi connectivity index (χ0) is 42.2. The summed E-state index contributed by atoms with van der Waals surface area (Å²) in [6.45, 7) is 1.91. The Morgan fingerprint density at radius 2 is 1.11 bits per heavy atom. The number of carbonyl (C=O) groups excluding carboxylic acids is 2. The highest BCUT2D eigenvalue weighted by Gasteiger charge is 2.27. The Hall–Kier alpha value is -2.93. The molecular formula is C44H73O12P. The molecule has 326 valence electrons. The molecule has 0 aromatic heterocycles. The van der Waals surface area contributed by atoms with Gasteiger partial charge in [-0.2, -0.15) is 0 Å². The molecule has 0 aliphatic heterocycles. The van der Waals surface area contributed by atoms with E-state index in [9.17, 15) is 34.4 Å². The second-order valence-electron chi connectivity index (χ2n) is 13.7. The van der Waals surface area contributed by atoms with Gasteiger partial charge >= 0.3 is 19.8 Å². The van der Waals surface area contributed by atoms with E-state index in [2.05, 4.69) is 54.8 Å². The lowest BCUT2D eigenvalue weighted by molar-refractivity contribution is -0.161. The average Bonchev–Trinajstić information content (AvgIpc) is 3.18. The minimum absolute atomic E-state index is 0.0771. The Bertz CT molecular complexity index is 1260. The van der Waals surface area contributed by atoms with Crippen LogP contribution in [-0.4, -0.2) is 88.1 Å². The van der Waals surface area contributed by atoms with Crippen molar-refractivity contribution in [2.75, 3.05) is 26.4 Å². The number of unbranched alkanes of at least 4 members (excludes halogenated alkanes) is 7. The molecule has 0 fully saturated rings. The number of phosphoric acid groups is 1. The number of carbonyl (C=O) groups is 2. The lowest BCUT2D eigenvalue weighted by atomic mass is 10.1. The number of phosphoric ester groups is 1. The van der Waals surface area contributed by atoms with E-state index in [1.165, 1.54) is 19.3 Å². The highest BCUT2D eigenvalue weighted by atomic mass is 31.2. The van der Waals surface area contributed by atoms with Gasteiger partial charge in [0, 0.05) is 12.8 Å². The summed E-state index contributed by atoms with van der Waals surface area (Å²) in [7, 11) is -4.70. The SMILES string of the molecule is CCCCC/C=C\C/C=C\C/C=C\CCCCC(=O)OC[C@H](COP(=O)(O)OC[C@@H](O)CO)OC(=O)CCC[C@H](O)/C=C/C=C\C/C=C\C=C\[C@H](O)CCCCC. The fourth-order valence-corrected chi connectivity index (χ4v) is 5.71. The molecule has 0 aliphatic carbocycles. The molecule has 0 heterocycles. The van der Waals surface area contributed by atoms with E-state index in [0.29, 0.717) is 12.8 Å². The van der Waals surface area contributed by atoms with Crippen molar-refractivity contribution in [3.63, 3.8) is 0 Å². The number of ether oxygens (including phenoxy) is 2. The summed E-state index contributed by atoms with van der Waals surface area (Å²) in [6.07, 6.45) is 37.6. The predicted octanol–water partition coefficient (Wildman–Crippen LogP) is 8.61. The molecule has 0 radical (unpaired) electrons. The molecule has 57 heavy (non-hydrogen) atoms. The van der Waals surface area contributed by atoms with Crippen molar-refractivity contribution >= 4 is 19.8 Å². The molecule has 5 N–H and O–H groups in total. The first-order chi connectivity index (χ1) is 27.5. The lowest BCUT2D eigenvalue weighted by Crippen LogP contribution is -2.30. The van der Waals surface area contributed by atoms with Gasteiger partial charge in [-0.25, -0.2) is 4.57 Å². The Morgan fingerprint density at radius 1 is 0.596 bits per heavy atom. The largest absolute Gasteiger partial charge is 0.472 e. The van der Waals surface area contributed by atoms with Crippen LogP contribution in [0.3, 0.4) is 0 Å². The van der Waals surface area contributed by atoms with Gasteiger partial charge in [0.2, 0.25) is 0 Å². The second-order valence-corrected chi connectivity index (χ2v) is 15.2. The monoisotopic (exact) mass is 824 g/mol. The van der Waals surface area contributed by atoms with Crippen molar-refractivity contribution in [1.29, 1.82) is 0 Å². The zero-order valence-corrected chi connectivity index (χ0v) is 35.4. The highest BCUT2D eigenvalue weighted by molar-refractivity contribution is 7.47. The first-order valence-electron chi connectivity index (χ1n) is 20.8. The molecule has 0 amide bonds. The molecule has 5 atom stereocenters. The number of aliphatic hydroxyl groups is 4. The maximum atomic E-state index is 12.6. The van der Waals surface area contributed by atoms with Gasteiger partial charge < -0.3 is 34.8 Å². The molecule has 0 saturated heterocycles. The molecule has 12 nitrogen and oxygen atoms in total. The third-order valence-electron chi connectivity index (χ3n) is 8.23. The van der Waals surface area contributed by atoms with Gasteiger partial charge in [0.25, 0.3) is 0 Å². The van der Waals surface area contributed by atoms with E-state index >= 15 is 0 Å². The minimum atomic E-state index is -4.70. The summed E-state index contributed by atoms with van der Waals surface area (Å²) in [4.78, 5) is 34.9. The van der Waals surface area contributed by atoms with Crippen molar-refractivity contribution in [3.05, 3.63) is 85.1 Å². The van der Waals surface area contributed by atoms with Crippen LogP contribution in [0.1, 0.15) is 129 Å². The molecular weight excluding hydrogens is 751 g/mol. The Morgan fingerprint density at radius 3 is 1.70 bits per heavy atom. The second kappa shape index (κ2) is 38.6. The summed E-state index contributed by atoms with van der Waals surface area (Å²) < 4.78 is 32.4. The number of aliphatic hydroxyl groups excluding tert-OH is 4. The van der Waals surface area contributed by atoms with Crippen molar-refractivity contribution in [2.24, 2.45) is 0 Å². The van der Waals surface area contributed by atoms with Crippen LogP contribution < -0.4 is 0 Å². The molecule has 0 aromatic carbocycles. The molecule has 0 aliphatic rings. The first-order valence-corrected chi connectivity index (χ1v) is 22.3. The first kappa shape index (κ1) is 54.1. The van der Waals surface area contributed by atoms with Crippen LogP contribution in [0.15, 0.2) is 85.1 Å². The van der Waals surface area contributed by atoms with E-state index < -0.39 is 70.6 Å². The van der Waals surface area contributed by atoms with Crippen LogP contribution >= 0.6 is 7.82 Å². The molecule has 0 bridgehead atoms. The summed E-state index contributed by atoms with van der Waals surface area (Å²) in [5.74, 6) is -1.21. The van der Waals surface area contributed by atoms with Gasteiger partial charge in [-0.05, 0) is 70.6 Å². The van der Waals surface area contributed by atoms with Gasteiger partial charge in [0.05, 0.1) is 32.0 Å². The van der Waals surface area contributed by atoms with E-state index in [0.717, 1.165) is 57.8 Å². The zero-order valence-electron chi connectivity index (χ0n) is 34.5. The predicted molar refractivity (Wildman–Crippen MR) is 226 cm³/mol. The van der Waals surface area contributed by atoms with Crippen LogP contribution in [0.5, 0.6) is 0 Å². The number of rotatable bonds is 37. The third kappa shape index (κ3) is 38.4. The molecule has 13 heteroatoms. The van der Waals surface area contributed by atoms with Crippen LogP contribution in [0.4, 0.5) is 0 Å². The van der Waals surface area contributed by atoms with Crippen LogP contribution in [0, 0.1) is 0 Å². The van der Waals surface area contributed by atoms with Gasteiger partial charge in [-0.15, -0.1) is 0 Å². The number of hydrogen-bond donors (Lipinski definition) is 5. The summed E-state index contributed by atoms with van der Waals surface area (Å²) in [5, 5.41) is 38.5. The maximum absolute atomic E-state index is 12.6. The quantitative estimate of drug-likeness (QED) is 0.0132. The summed E-state index contributed by atoms with van der Waals surface area (Å²) in [6, 6.07) is 0. The fraction of sp³-hybridized carbons (Fsp3) is 0.636. The van der Waals surface area contributed by atoms with Crippen LogP contribution in [-0.2, 0) is 32.7 Å². The number of allylic oxidation sites excluding steroid dienone is 12. The number of esters is 2. The highest BCUT2D eigenvalue weighted by Crippen LogP contribution is 2.43. The smallest absolute Gasteiger partial charge is 0.462 e. The van der Waals surface area contributed by atoms with Gasteiger partial charge in [-0.1, -0.05) is 131 Å². The normalized spacial score (nSPS) is 15.8. The van der Waals surface area contributed by atoms with E-state index in [1.54, 1.807) is 24.3 Å². The van der Waals surface area contributed by atoms with E-state index in [1.807, 2.05) is 24.3 Å². The van der Waals surface area contributed by atoms with Crippen molar-refractivity contribution in [1.82, 2.24) is 0 Å². The van der Waals surface area contributed by atoms with Crippen molar-refractivity contribution < 1.29 is 58.0 Å². The topological polar surface area (TPSA) is 189 Å². The van der Waals surface area contributed by atoms with Crippen LogP contribution in [0.2, 0.25) is 0 Å². The fourth-order valence-electron chi connectivity index (χ4n) is 4.92. The molecule has 0 aromatic rings. The van der Waals surface area contributed by atoms with Gasteiger partial charge in [-0.3, -0.25) is 18.6 Å². The van der Waals surface area contributed by atoms with Crippen LogP contribution in [0.25, 0.3) is 0 Å². The van der Waals surface area contributed by atoms with Crippen molar-refractivity contribution in [2.45, 2.75) is 154 Å². The minimum Gasteiger partial charge on any atom is -0.462 e. The average molecular weight is 825 g/mol. The van der Waals surface area contributed by atoms with Gasteiger partial charge in [0.15, 0.2) is 6.10 Å². The molecule has 0 spiro atoms.